The maximum atomic E-state index is 13.2. The van der Waals surface area contributed by atoms with E-state index in [4.69, 9.17) is 5.73 Å². The van der Waals surface area contributed by atoms with Gasteiger partial charge in [-0.25, -0.2) is 17.2 Å². The molecule has 0 aliphatic rings. The Morgan fingerprint density at radius 1 is 1.35 bits per heavy atom. The van der Waals surface area contributed by atoms with Crippen LogP contribution in [0.25, 0.3) is 0 Å². The fourth-order valence-corrected chi connectivity index (χ4v) is 2.04. The van der Waals surface area contributed by atoms with Crippen molar-refractivity contribution in [3.8, 4) is 0 Å². The van der Waals surface area contributed by atoms with E-state index in [0.29, 0.717) is 6.07 Å². The molecule has 0 aliphatic carbocycles. The number of hydrogen-bond donors (Lipinski definition) is 2. The Balaban J connectivity index is 2.92. The van der Waals surface area contributed by atoms with E-state index in [1.54, 1.807) is 0 Å². The Labute approximate surface area is 97.6 Å². The highest BCUT2D eigenvalue weighted by Crippen LogP contribution is 2.21. The van der Waals surface area contributed by atoms with E-state index < -0.39 is 21.7 Å². The number of ether oxygens (including phenoxy) is 1. The van der Waals surface area contributed by atoms with Crippen LogP contribution in [0.3, 0.4) is 0 Å². The lowest BCUT2D eigenvalue weighted by Gasteiger charge is -2.09. The molecule has 0 aromatic heterocycles. The highest BCUT2D eigenvalue weighted by atomic mass is 32.2. The van der Waals surface area contributed by atoms with Crippen LogP contribution in [0.15, 0.2) is 12.1 Å². The van der Waals surface area contributed by atoms with Gasteiger partial charge < -0.3 is 10.5 Å². The first-order valence-corrected chi connectivity index (χ1v) is 6.25. The molecule has 17 heavy (non-hydrogen) atoms. The van der Waals surface area contributed by atoms with Crippen LogP contribution in [0.5, 0.6) is 0 Å². The molecule has 0 bridgehead atoms. The van der Waals surface area contributed by atoms with Crippen LogP contribution in [-0.2, 0) is 14.8 Å². The third kappa shape index (κ3) is 3.82. The zero-order valence-corrected chi connectivity index (χ0v) is 9.85. The van der Waals surface area contributed by atoms with Crippen molar-refractivity contribution in [2.24, 2.45) is 0 Å². The summed E-state index contributed by atoms with van der Waals surface area (Å²) in [7, 11) is -2.40. The molecule has 0 heterocycles. The molecule has 0 aliphatic heterocycles. The predicted octanol–water partition coefficient (Wildman–Crippen LogP) is 0.935. The molecule has 0 atom stereocenters. The molecule has 1 rings (SSSR count). The molecule has 96 valence electrons. The van der Waals surface area contributed by atoms with Crippen molar-refractivity contribution < 1.29 is 21.9 Å². The second kappa shape index (κ2) is 5.28. The number of halogens is 2. The minimum atomic E-state index is -3.74. The van der Waals surface area contributed by atoms with Gasteiger partial charge in [-0.3, -0.25) is 4.72 Å². The second-order valence-corrected chi connectivity index (χ2v) is 5.11. The Kier molecular flexibility index (Phi) is 4.24. The molecule has 0 amide bonds. The Morgan fingerprint density at radius 3 is 2.59 bits per heavy atom. The minimum Gasteiger partial charge on any atom is -0.396 e. The number of sulfonamides is 1. The number of nitrogens with one attached hydrogen (secondary N) is 1. The highest BCUT2D eigenvalue weighted by Gasteiger charge is 2.15. The lowest BCUT2D eigenvalue weighted by molar-refractivity contribution is 0.217. The first-order chi connectivity index (χ1) is 7.85. The lowest BCUT2D eigenvalue weighted by Crippen LogP contribution is -2.20. The fraction of sp³-hybridized carbons (Fsp3) is 0.333. The van der Waals surface area contributed by atoms with Crippen molar-refractivity contribution in [1.82, 2.24) is 0 Å². The summed E-state index contributed by atoms with van der Waals surface area (Å²) in [5.41, 5.74) is 4.48. The summed E-state index contributed by atoms with van der Waals surface area (Å²) in [6, 6.07) is 1.40. The van der Waals surface area contributed by atoms with Crippen LogP contribution in [0.2, 0.25) is 0 Å². The topological polar surface area (TPSA) is 81.4 Å². The maximum Gasteiger partial charge on any atom is 0.235 e. The molecule has 3 N–H and O–H groups in total. The number of hydrogen-bond acceptors (Lipinski definition) is 4. The van der Waals surface area contributed by atoms with E-state index in [0.717, 1.165) is 6.07 Å². The Bertz CT molecular complexity index is 505. The van der Waals surface area contributed by atoms with Crippen LogP contribution in [-0.4, -0.2) is 27.9 Å². The quantitative estimate of drug-likeness (QED) is 0.777. The number of benzene rings is 1. The first kappa shape index (κ1) is 13.7. The van der Waals surface area contributed by atoms with Crippen LogP contribution < -0.4 is 10.5 Å². The molecule has 0 saturated heterocycles. The first-order valence-electron chi connectivity index (χ1n) is 4.59. The van der Waals surface area contributed by atoms with E-state index in [1.165, 1.54) is 7.11 Å². The number of methoxy groups -OCH3 is 1. The van der Waals surface area contributed by atoms with E-state index in [2.05, 4.69) is 4.74 Å². The molecule has 1 aromatic carbocycles. The van der Waals surface area contributed by atoms with Gasteiger partial charge in [0.25, 0.3) is 0 Å². The van der Waals surface area contributed by atoms with Gasteiger partial charge in [0.05, 0.1) is 23.7 Å². The van der Waals surface area contributed by atoms with Gasteiger partial charge in [0.15, 0.2) is 0 Å². The van der Waals surface area contributed by atoms with Crippen molar-refractivity contribution in [2.45, 2.75) is 0 Å². The van der Waals surface area contributed by atoms with Gasteiger partial charge in [-0.2, -0.15) is 0 Å². The molecule has 0 fully saturated rings. The van der Waals surface area contributed by atoms with Gasteiger partial charge in [-0.05, 0) is 6.07 Å². The van der Waals surface area contributed by atoms with Crippen LogP contribution in [0.1, 0.15) is 0 Å². The molecular formula is C9H12F2N2O3S. The maximum absolute atomic E-state index is 13.2. The SMILES string of the molecule is COCCS(=O)(=O)Nc1cc(N)c(F)cc1F. The Morgan fingerprint density at radius 2 is 2.00 bits per heavy atom. The summed E-state index contributed by atoms with van der Waals surface area (Å²) in [6.45, 7) is -0.0341. The molecule has 5 nitrogen and oxygen atoms in total. The van der Waals surface area contributed by atoms with Gasteiger partial charge in [-0.1, -0.05) is 0 Å². The van der Waals surface area contributed by atoms with Gasteiger partial charge in [0.2, 0.25) is 10.0 Å². The van der Waals surface area contributed by atoms with Crippen molar-refractivity contribution in [3.63, 3.8) is 0 Å². The number of nitrogen functional groups attached to an aromatic ring is 1. The average Bonchev–Trinajstić information content (AvgIpc) is 2.23. The van der Waals surface area contributed by atoms with Crippen LogP contribution in [0, 0.1) is 11.6 Å². The number of anilines is 2. The van der Waals surface area contributed by atoms with E-state index in [9.17, 15) is 17.2 Å². The van der Waals surface area contributed by atoms with Crippen molar-refractivity contribution >= 4 is 21.4 Å². The molecule has 0 unspecified atom stereocenters. The van der Waals surface area contributed by atoms with Gasteiger partial charge >= 0.3 is 0 Å². The monoisotopic (exact) mass is 266 g/mol. The predicted molar refractivity (Wildman–Crippen MR) is 60.1 cm³/mol. The molecule has 1 aromatic rings. The van der Waals surface area contributed by atoms with E-state index in [1.807, 2.05) is 4.72 Å². The van der Waals surface area contributed by atoms with Crippen LogP contribution >= 0.6 is 0 Å². The zero-order chi connectivity index (χ0) is 13.1. The number of nitrogens with two attached hydrogens (primary N) is 1. The summed E-state index contributed by atoms with van der Waals surface area (Å²) >= 11 is 0. The van der Waals surface area contributed by atoms with Crippen LogP contribution in [0.4, 0.5) is 20.2 Å². The average molecular weight is 266 g/mol. The van der Waals surface area contributed by atoms with Crippen molar-refractivity contribution in [1.29, 1.82) is 0 Å². The van der Waals surface area contributed by atoms with E-state index >= 15 is 0 Å². The fourth-order valence-electron chi connectivity index (χ4n) is 1.06. The van der Waals surface area contributed by atoms with Gasteiger partial charge in [0.1, 0.15) is 11.6 Å². The molecule has 0 saturated carbocycles. The summed E-state index contributed by atoms with van der Waals surface area (Å²) in [5, 5.41) is 0. The molecule has 0 radical (unpaired) electrons. The lowest BCUT2D eigenvalue weighted by atomic mass is 10.2. The summed E-state index contributed by atoms with van der Waals surface area (Å²) in [6.07, 6.45) is 0. The Hall–Kier alpha value is -1.41. The molecule has 0 spiro atoms. The second-order valence-electron chi connectivity index (χ2n) is 3.27. The normalized spacial score (nSPS) is 11.5. The molecule has 8 heteroatoms. The third-order valence-corrected chi connectivity index (χ3v) is 3.14. The van der Waals surface area contributed by atoms with Crippen molar-refractivity contribution in [3.05, 3.63) is 23.8 Å². The summed E-state index contributed by atoms with van der Waals surface area (Å²) in [4.78, 5) is 0. The minimum absolute atomic E-state index is 0.0341. The van der Waals surface area contributed by atoms with Crippen molar-refractivity contribution in [2.75, 3.05) is 29.9 Å². The van der Waals surface area contributed by atoms with Gasteiger partial charge in [-0.15, -0.1) is 0 Å². The standard InChI is InChI=1S/C9H12F2N2O3S/c1-16-2-3-17(14,15)13-9-5-8(12)6(10)4-7(9)11/h4-5,13H,2-3,12H2,1H3. The third-order valence-electron chi connectivity index (χ3n) is 1.91. The van der Waals surface area contributed by atoms with Gasteiger partial charge in [0, 0.05) is 13.2 Å². The highest BCUT2D eigenvalue weighted by molar-refractivity contribution is 7.92. The number of rotatable bonds is 5. The molecular weight excluding hydrogens is 254 g/mol. The zero-order valence-electron chi connectivity index (χ0n) is 9.04. The summed E-state index contributed by atoms with van der Waals surface area (Å²) < 4.78 is 55.4. The smallest absolute Gasteiger partial charge is 0.235 e. The summed E-state index contributed by atoms with van der Waals surface area (Å²) in [5.74, 6) is -2.31. The largest absolute Gasteiger partial charge is 0.396 e. The van der Waals surface area contributed by atoms with E-state index in [-0.39, 0.29) is 23.7 Å².